The highest BCUT2D eigenvalue weighted by atomic mass is 16.3. The Bertz CT molecular complexity index is 618. The first-order valence-electron chi connectivity index (χ1n) is 9.24. The van der Waals surface area contributed by atoms with Gasteiger partial charge in [0.05, 0.1) is 11.6 Å². The van der Waals surface area contributed by atoms with Crippen LogP contribution in [0.1, 0.15) is 23.2 Å². The molecule has 3 aliphatic rings. The van der Waals surface area contributed by atoms with Crippen molar-refractivity contribution < 1.29 is 15.0 Å². The number of benzene rings is 1. The van der Waals surface area contributed by atoms with Crippen molar-refractivity contribution in [2.24, 2.45) is 0 Å². The molecule has 1 spiro atoms. The SMILES string of the molecule is O=C(c1ccccc1)N1CC2(CN(CCCO)CC3CC(O)CN32)C1. The zero-order chi connectivity index (χ0) is 17.4. The number of likely N-dealkylation sites (tertiary alicyclic amines) is 1. The summed E-state index contributed by atoms with van der Waals surface area (Å²) in [7, 11) is 0. The molecule has 0 bridgehead atoms. The molecule has 1 aromatic carbocycles. The van der Waals surface area contributed by atoms with Crippen molar-refractivity contribution in [2.75, 3.05) is 45.9 Å². The Morgan fingerprint density at radius 2 is 1.92 bits per heavy atom. The van der Waals surface area contributed by atoms with Gasteiger partial charge in [-0.1, -0.05) is 18.2 Å². The van der Waals surface area contributed by atoms with E-state index >= 15 is 0 Å². The fourth-order valence-electron chi connectivity index (χ4n) is 4.83. The van der Waals surface area contributed by atoms with Crippen LogP contribution in [0.25, 0.3) is 0 Å². The van der Waals surface area contributed by atoms with Crippen LogP contribution in [0.15, 0.2) is 30.3 Å². The molecule has 1 amide bonds. The first-order valence-corrected chi connectivity index (χ1v) is 9.24. The maximum Gasteiger partial charge on any atom is 0.253 e. The third-order valence-electron chi connectivity index (χ3n) is 5.90. The standard InChI is InChI=1S/C19H27N3O3/c23-8-4-7-20-10-16-9-17(24)11-22(16)19(12-20)13-21(14-19)18(25)15-5-2-1-3-6-15/h1-3,5-6,16-17,23-24H,4,7-14H2. The summed E-state index contributed by atoms with van der Waals surface area (Å²) >= 11 is 0. The molecule has 6 heteroatoms. The second kappa shape index (κ2) is 6.68. The van der Waals surface area contributed by atoms with E-state index in [9.17, 15) is 9.90 Å². The van der Waals surface area contributed by atoms with E-state index in [4.69, 9.17) is 5.11 Å². The fraction of sp³-hybridized carbons (Fsp3) is 0.632. The predicted octanol–water partition coefficient (Wildman–Crippen LogP) is 0.0144. The number of nitrogens with zero attached hydrogens (tertiary/aromatic N) is 3. The third kappa shape index (κ3) is 3.08. The lowest BCUT2D eigenvalue weighted by atomic mass is 9.83. The number of rotatable bonds is 4. The van der Waals surface area contributed by atoms with Gasteiger partial charge in [0.2, 0.25) is 0 Å². The van der Waals surface area contributed by atoms with E-state index in [1.807, 2.05) is 35.2 Å². The zero-order valence-electron chi connectivity index (χ0n) is 14.5. The van der Waals surface area contributed by atoms with Crippen molar-refractivity contribution in [2.45, 2.75) is 30.5 Å². The Labute approximate surface area is 148 Å². The zero-order valence-corrected chi connectivity index (χ0v) is 14.5. The topological polar surface area (TPSA) is 67.2 Å². The Kier molecular flexibility index (Phi) is 4.54. The summed E-state index contributed by atoms with van der Waals surface area (Å²) in [6, 6.07) is 9.80. The van der Waals surface area contributed by atoms with Gasteiger partial charge in [0, 0.05) is 57.5 Å². The molecule has 0 saturated carbocycles. The van der Waals surface area contributed by atoms with Crippen LogP contribution in [-0.4, -0.2) is 94.4 Å². The van der Waals surface area contributed by atoms with Gasteiger partial charge in [-0.3, -0.25) is 14.6 Å². The summed E-state index contributed by atoms with van der Waals surface area (Å²) in [6.07, 6.45) is 1.32. The van der Waals surface area contributed by atoms with Gasteiger partial charge >= 0.3 is 0 Å². The van der Waals surface area contributed by atoms with E-state index in [1.54, 1.807) is 0 Å². The van der Waals surface area contributed by atoms with Crippen molar-refractivity contribution in [3.05, 3.63) is 35.9 Å². The number of β-amino-alcohol motifs (C(OH)–C–C–N with tert-alkyl or cyclic N) is 1. The number of carbonyl (C=O) groups excluding carboxylic acids is 1. The van der Waals surface area contributed by atoms with Crippen LogP contribution >= 0.6 is 0 Å². The molecule has 3 aliphatic heterocycles. The van der Waals surface area contributed by atoms with Crippen LogP contribution in [0, 0.1) is 0 Å². The largest absolute Gasteiger partial charge is 0.396 e. The minimum Gasteiger partial charge on any atom is -0.396 e. The number of fused-ring (bicyclic) bond motifs is 2. The number of carbonyl (C=O) groups is 1. The summed E-state index contributed by atoms with van der Waals surface area (Å²) in [5.41, 5.74) is 0.698. The summed E-state index contributed by atoms with van der Waals surface area (Å²) in [6.45, 7) is 5.11. The number of aliphatic hydroxyl groups excluding tert-OH is 2. The number of amides is 1. The average Bonchev–Trinajstić information content (AvgIpc) is 2.97. The molecular formula is C19H27N3O3. The van der Waals surface area contributed by atoms with Crippen LogP contribution in [0.5, 0.6) is 0 Å². The fourth-order valence-corrected chi connectivity index (χ4v) is 4.83. The molecule has 0 aliphatic carbocycles. The normalized spacial score (nSPS) is 28.8. The van der Waals surface area contributed by atoms with Gasteiger partial charge in [-0.05, 0) is 25.0 Å². The molecule has 3 heterocycles. The molecule has 136 valence electrons. The van der Waals surface area contributed by atoms with Crippen molar-refractivity contribution in [1.29, 1.82) is 0 Å². The Morgan fingerprint density at radius 1 is 1.16 bits per heavy atom. The van der Waals surface area contributed by atoms with Gasteiger partial charge in [0.15, 0.2) is 0 Å². The van der Waals surface area contributed by atoms with Crippen LogP contribution in [0.2, 0.25) is 0 Å². The van der Waals surface area contributed by atoms with E-state index < -0.39 is 0 Å². The molecule has 2 atom stereocenters. The molecule has 0 aromatic heterocycles. The van der Waals surface area contributed by atoms with Crippen molar-refractivity contribution in [1.82, 2.24) is 14.7 Å². The first kappa shape index (κ1) is 17.0. The van der Waals surface area contributed by atoms with Crippen molar-refractivity contribution in [3.63, 3.8) is 0 Å². The second-order valence-electron chi connectivity index (χ2n) is 7.76. The maximum atomic E-state index is 12.7. The van der Waals surface area contributed by atoms with Gasteiger partial charge < -0.3 is 15.1 Å². The lowest BCUT2D eigenvalue weighted by molar-refractivity contribution is -0.100. The van der Waals surface area contributed by atoms with Gasteiger partial charge in [0.1, 0.15) is 0 Å². The number of hydrogen-bond acceptors (Lipinski definition) is 5. The highest BCUT2D eigenvalue weighted by molar-refractivity contribution is 5.95. The van der Waals surface area contributed by atoms with Gasteiger partial charge in [-0.15, -0.1) is 0 Å². The lowest BCUT2D eigenvalue weighted by Gasteiger charge is -2.61. The molecule has 25 heavy (non-hydrogen) atoms. The first-order chi connectivity index (χ1) is 12.1. The molecular weight excluding hydrogens is 318 g/mol. The van der Waals surface area contributed by atoms with E-state index in [2.05, 4.69) is 9.80 Å². The molecule has 1 aromatic rings. The van der Waals surface area contributed by atoms with Gasteiger partial charge in [-0.2, -0.15) is 0 Å². The number of hydrogen-bond donors (Lipinski definition) is 2. The Balaban J connectivity index is 1.47. The van der Waals surface area contributed by atoms with E-state index in [0.29, 0.717) is 12.6 Å². The third-order valence-corrected chi connectivity index (χ3v) is 5.90. The van der Waals surface area contributed by atoms with E-state index in [0.717, 1.165) is 51.1 Å². The smallest absolute Gasteiger partial charge is 0.253 e. The molecule has 2 unspecified atom stereocenters. The molecule has 6 nitrogen and oxygen atoms in total. The summed E-state index contributed by atoms with van der Waals surface area (Å²) < 4.78 is 0. The molecule has 4 rings (SSSR count). The van der Waals surface area contributed by atoms with Crippen LogP contribution < -0.4 is 0 Å². The van der Waals surface area contributed by atoms with Gasteiger partial charge in [0.25, 0.3) is 5.91 Å². The minimum atomic E-state index is -0.265. The number of piperazine rings is 1. The van der Waals surface area contributed by atoms with Gasteiger partial charge in [-0.25, -0.2) is 0 Å². The monoisotopic (exact) mass is 345 g/mol. The summed E-state index contributed by atoms with van der Waals surface area (Å²) in [5, 5.41) is 19.3. The maximum absolute atomic E-state index is 12.7. The molecule has 3 fully saturated rings. The van der Waals surface area contributed by atoms with E-state index in [1.165, 1.54) is 0 Å². The van der Waals surface area contributed by atoms with Crippen LogP contribution in [0.4, 0.5) is 0 Å². The summed E-state index contributed by atoms with van der Waals surface area (Å²) in [5.74, 6) is 0.0926. The molecule has 2 N–H and O–H groups in total. The number of aliphatic hydroxyl groups is 2. The van der Waals surface area contributed by atoms with Crippen molar-refractivity contribution in [3.8, 4) is 0 Å². The van der Waals surface area contributed by atoms with Crippen LogP contribution in [0.3, 0.4) is 0 Å². The highest BCUT2D eigenvalue weighted by Gasteiger charge is 2.56. The average molecular weight is 345 g/mol. The highest BCUT2D eigenvalue weighted by Crippen LogP contribution is 2.39. The van der Waals surface area contributed by atoms with Crippen LogP contribution in [-0.2, 0) is 0 Å². The lowest BCUT2D eigenvalue weighted by Crippen LogP contribution is -2.78. The Hall–Kier alpha value is -1.47. The molecule has 3 saturated heterocycles. The molecule has 0 radical (unpaired) electrons. The van der Waals surface area contributed by atoms with Crippen molar-refractivity contribution >= 4 is 5.91 Å². The second-order valence-corrected chi connectivity index (χ2v) is 7.76. The van der Waals surface area contributed by atoms with E-state index in [-0.39, 0.29) is 24.2 Å². The predicted molar refractivity (Wildman–Crippen MR) is 94.3 cm³/mol. The Morgan fingerprint density at radius 3 is 2.64 bits per heavy atom. The summed E-state index contributed by atoms with van der Waals surface area (Å²) in [4.78, 5) is 19.4. The minimum absolute atomic E-state index is 0.0414. The quantitative estimate of drug-likeness (QED) is 0.805.